The molecule has 2 aliphatic rings. The largest absolute Gasteiger partial charge is 0.341 e. The summed E-state index contributed by atoms with van der Waals surface area (Å²) in [5.41, 5.74) is 1.42. The number of amides is 2. The fraction of sp³-hybridized carbons (Fsp3) is 0.421. The maximum absolute atomic E-state index is 13.2. The molecular formula is C19H21FN4O2. The number of rotatable bonds is 3. The molecule has 1 aromatic heterocycles. The molecule has 0 bridgehead atoms. The van der Waals surface area contributed by atoms with Crippen LogP contribution >= 0.6 is 0 Å². The smallest absolute Gasteiger partial charge is 0.254 e. The normalized spacial score (nSPS) is 20.2. The third-order valence-corrected chi connectivity index (χ3v) is 5.21. The molecule has 2 amide bonds. The minimum atomic E-state index is -0.366. The highest BCUT2D eigenvalue weighted by atomic mass is 19.1. The zero-order valence-corrected chi connectivity index (χ0v) is 14.5. The van der Waals surface area contributed by atoms with Crippen molar-refractivity contribution in [2.24, 2.45) is 0 Å². The minimum absolute atomic E-state index is 0.0868. The molecular weight excluding hydrogens is 335 g/mol. The number of fused-ring (bicyclic) bond motifs is 1. The van der Waals surface area contributed by atoms with Gasteiger partial charge in [-0.15, -0.1) is 0 Å². The van der Waals surface area contributed by atoms with Crippen LogP contribution in [0.25, 0.3) is 0 Å². The van der Waals surface area contributed by atoms with Crippen LogP contribution in [0, 0.1) is 5.82 Å². The predicted octanol–water partition coefficient (Wildman–Crippen LogP) is 2.06. The van der Waals surface area contributed by atoms with Gasteiger partial charge in [0.25, 0.3) is 5.91 Å². The molecule has 2 aromatic rings. The van der Waals surface area contributed by atoms with Gasteiger partial charge in [0, 0.05) is 37.8 Å². The third-order valence-electron chi connectivity index (χ3n) is 5.21. The van der Waals surface area contributed by atoms with Gasteiger partial charge in [-0.05, 0) is 43.2 Å². The minimum Gasteiger partial charge on any atom is -0.341 e. The summed E-state index contributed by atoms with van der Waals surface area (Å²) in [4.78, 5) is 28.8. The fourth-order valence-electron chi connectivity index (χ4n) is 3.76. The molecule has 0 unspecified atom stereocenters. The second-order valence-electron chi connectivity index (χ2n) is 6.87. The molecule has 4 rings (SSSR count). The van der Waals surface area contributed by atoms with Crippen LogP contribution in [0.15, 0.2) is 36.5 Å². The van der Waals surface area contributed by atoms with Crippen LogP contribution < -0.4 is 0 Å². The topological polar surface area (TPSA) is 58.4 Å². The van der Waals surface area contributed by atoms with Crippen LogP contribution in [0.5, 0.6) is 0 Å². The molecule has 1 saturated heterocycles. The first kappa shape index (κ1) is 16.8. The van der Waals surface area contributed by atoms with E-state index in [0.717, 1.165) is 25.1 Å². The molecule has 0 saturated carbocycles. The van der Waals surface area contributed by atoms with Crippen LogP contribution in [-0.4, -0.2) is 50.5 Å². The molecule has 7 heteroatoms. The van der Waals surface area contributed by atoms with Gasteiger partial charge < -0.3 is 9.80 Å². The van der Waals surface area contributed by atoms with Gasteiger partial charge in [-0.1, -0.05) is 0 Å². The summed E-state index contributed by atoms with van der Waals surface area (Å²) in [5, 5.41) is 4.32. The van der Waals surface area contributed by atoms with Crippen molar-refractivity contribution in [2.45, 2.75) is 38.4 Å². The van der Waals surface area contributed by atoms with E-state index in [2.05, 4.69) is 5.10 Å². The number of halogens is 1. The van der Waals surface area contributed by atoms with Gasteiger partial charge in [-0.3, -0.25) is 14.3 Å². The number of hydrogen-bond acceptors (Lipinski definition) is 3. The summed E-state index contributed by atoms with van der Waals surface area (Å²) in [6.45, 7) is 2.43. The lowest BCUT2D eigenvalue weighted by Crippen LogP contribution is -2.46. The Balaban J connectivity index is 1.61. The molecule has 136 valence electrons. The molecule has 3 heterocycles. The van der Waals surface area contributed by atoms with Crippen molar-refractivity contribution >= 4 is 11.8 Å². The zero-order valence-electron chi connectivity index (χ0n) is 14.5. The van der Waals surface area contributed by atoms with E-state index in [4.69, 9.17) is 0 Å². The second kappa shape index (κ2) is 6.90. The molecule has 0 spiro atoms. The Kier molecular flexibility index (Phi) is 4.44. The Bertz CT molecular complexity index is 817. The SMILES string of the molecule is O=C1CCCN1C[C@H]1CCn2nccc2CN1C(=O)c1ccc(F)cc1. The highest BCUT2D eigenvalue weighted by Gasteiger charge is 2.32. The second-order valence-corrected chi connectivity index (χ2v) is 6.87. The van der Waals surface area contributed by atoms with Crippen LogP contribution in [0.3, 0.4) is 0 Å². The monoisotopic (exact) mass is 356 g/mol. The lowest BCUT2D eigenvalue weighted by molar-refractivity contribution is -0.128. The Morgan fingerprint density at radius 2 is 2.00 bits per heavy atom. The van der Waals surface area contributed by atoms with Gasteiger partial charge in [-0.25, -0.2) is 4.39 Å². The highest BCUT2D eigenvalue weighted by molar-refractivity contribution is 5.94. The zero-order chi connectivity index (χ0) is 18.1. The Morgan fingerprint density at radius 1 is 1.19 bits per heavy atom. The van der Waals surface area contributed by atoms with Crippen molar-refractivity contribution in [3.63, 3.8) is 0 Å². The number of carbonyl (C=O) groups excluding carboxylic acids is 2. The van der Waals surface area contributed by atoms with Crippen molar-refractivity contribution in [3.8, 4) is 0 Å². The summed E-state index contributed by atoms with van der Waals surface area (Å²) in [5.74, 6) is -0.354. The quantitative estimate of drug-likeness (QED) is 0.846. The maximum Gasteiger partial charge on any atom is 0.254 e. The van der Waals surface area contributed by atoms with Gasteiger partial charge in [0.1, 0.15) is 5.82 Å². The van der Waals surface area contributed by atoms with Crippen molar-refractivity contribution in [1.82, 2.24) is 19.6 Å². The Morgan fingerprint density at radius 3 is 2.73 bits per heavy atom. The maximum atomic E-state index is 13.2. The number of nitrogens with zero attached hydrogens (tertiary/aromatic N) is 4. The standard InChI is InChI=1S/C19H21FN4O2/c20-15-5-3-14(4-6-15)19(26)23-13-17-7-9-21-24(17)11-8-16(23)12-22-10-1-2-18(22)25/h3-7,9,16H,1-2,8,10-13H2/t16-/m1/s1. The first-order chi connectivity index (χ1) is 12.6. The summed E-state index contributed by atoms with van der Waals surface area (Å²) < 4.78 is 15.1. The number of aryl methyl sites for hydroxylation is 1. The van der Waals surface area contributed by atoms with E-state index in [1.54, 1.807) is 11.1 Å². The number of benzene rings is 1. The predicted molar refractivity (Wildman–Crippen MR) is 92.7 cm³/mol. The summed E-state index contributed by atoms with van der Waals surface area (Å²) >= 11 is 0. The molecule has 2 aliphatic heterocycles. The van der Waals surface area contributed by atoms with Crippen molar-refractivity contribution in [3.05, 3.63) is 53.6 Å². The molecule has 6 nitrogen and oxygen atoms in total. The summed E-state index contributed by atoms with van der Waals surface area (Å²) in [7, 11) is 0. The van der Waals surface area contributed by atoms with Crippen molar-refractivity contribution < 1.29 is 14.0 Å². The van der Waals surface area contributed by atoms with E-state index in [-0.39, 0.29) is 23.7 Å². The van der Waals surface area contributed by atoms with E-state index in [1.165, 1.54) is 24.3 Å². The molecule has 1 fully saturated rings. The Labute approximate surface area is 151 Å². The number of carbonyl (C=O) groups is 2. The molecule has 26 heavy (non-hydrogen) atoms. The molecule has 1 atom stereocenters. The molecule has 0 aliphatic carbocycles. The highest BCUT2D eigenvalue weighted by Crippen LogP contribution is 2.22. The van der Waals surface area contributed by atoms with E-state index in [1.807, 2.05) is 15.6 Å². The van der Waals surface area contributed by atoms with Gasteiger partial charge in [-0.2, -0.15) is 5.10 Å². The van der Waals surface area contributed by atoms with Gasteiger partial charge in [0.15, 0.2) is 0 Å². The first-order valence-corrected chi connectivity index (χ1v) is 8.97. The van der Waals surface area contributed by atoms with Gasteiger partial charge in [0.05, 0.1) is 18.3 Å². The van der Waals surface area contributed by atoms with Gasteiger partial charge in [0.2, 0.25) is 5.91 Å². The van der Waals surface area contributed by atoms with E-state index in [9.17, 15) is 14.0 Å². The molecule has 0 N–H and O–H groups in total. The number of likely N-dealkylation sites (tertiary alicyclic amines) is 1. The Hall–Kier alpha value is -2.70. The van der Waals surface area contributed by atoms with Crippen LogP contribution in [0.2, 0.25) is 0 Å². The fourth-order valence-corrected chi connectivity index (χ4v) is 3.76. The van der Waals surface area contributed by atoms with E-state index < -0.39 is 0 Å². The van der Waals surface area contributed by atoms with Crippen LogP contribution in [0.4, 0.5) is 4.39 Å². The molecule has 0 radical (unpaired) electrons. The summed E-state index contributed by atoms with van der Waals surface area (Å²) in [6.07, 6.45) is 3.92. The lowest BCUT2D eigenvalue weighted by Gasteiger charge is -2.32. The number of hydrogen-bond donors (Lipinski definition) is 0. The lowest BCUT2D eigenvalue weighted by atomic mass is 10.1. The number of aromatic nitrogens is 2. The van der Waals surface area contributed by atoms with Gasteiger partial charge >= 0.3 is 0 Å². The van der Waals surface area contributed by atoms with Crippen LogP contribution in [-0.2, 0) is 17.9 Å². The first-order valence-electron chi connectivity index (χ1n) is 8.97. The van der Waals surface area contributed by atoms with Crippen molar-refractivity contribution in [1.29, 1.82) is 0 Å². The molecule has 1 aromatic carbocycles. The third kappa shape index (κ3) is 3.21. The van der Waals surface area contributed by atoms with Crippen molar-refractivity contribution in [2.75, 3.05) is 13.1 Å². The summed E-state index contributed by atoms with van der Waals surface area (Å²) in [6, 6.07) is 7.45. The van der Waals surface area contributed by atoms with Crippen LogP contribution in [0.1, 0.15) is 35.3 Å². The van der Waals surface area contributed by atoms with E-state index >= 15 is 0 Å². The average Bonchev–Trinajstić information content (AvgIpc) is 3.21. The van der Waals surface area contributed by atoms with E-state index in [0.29, 0.717) is 31.6 Å². The average molecular weight is 356 g/mol.